The minimum absolute atomic E-state index is 0.151. The molecule has 0 spiro atoms. The lowest BCUT2D eigenvalue weighted by molar-refractivity contribution is 0.412. The van der Waals surface area contributed by atoms with Gasteiger partial charge in [0.15, 0.2) is 5.57 Å². The number of methoxy groups -OCH3 is 1. The van der Waals surface area contributed by atoms with E-state index in [2.05, 4.69) is 0 Å². The molecular weight excluding hydrogens is 382 g/mol. The van der Waals surface area contributed by atoms with Crippen LogP contribution in [0.2, 0.25) is 5.02 Å². The third-order valence-corrected chi connectivity index (χ3v) is 5.22. The molecule has 0 aliphatic heterocycles. The van der Waals surface area contributed by atoms with Crippen molar-refractivity contribution < 1.29 is 4.74 Å². The average Bonchev–Trinajstić information content (AvgIpc) is 3.00. The van der Waals surface area contributed by atoms with Gasteiger partial charge >= 0.3 is 0 Å². The van der Waals surface area contributed by atoms with Crippen LogP contribution in [-0.2, 0) is 0 Å². The summed E-state index contributed by atoms with van der Waals surface area (Å²) in [6.45, 7) is 0. The molecule has 0 amide bonds. The Hall–Kier alpha value is -3.32. The summed E-state index contributed by atoms with van der Waals surface area (Å²) in [6.07, 6.45) is 1.65. The molecule has 27 heavy (non-hydrogen) atoms. The molecule has 3 aromatic rings. The molecule has 0 unspecified atom stereocenters. The van der Waals surface area contributed by atoms with Gasteiger partial charge in [-0.2, -0.15) is 10.5 Å². The number of benzene rings is 2. The quantitative estimate of drug-likeness (QED) is 0.685. The van der Waals surface area contributed by atoms with Crippen LogP contribution in [0.15, 0.2) is 53.3 Å². The van der Waals surface area contributed by atoms with Gasteiger partial charge in [-0.05, 0) is 29.8 Å². The van der Waals surface area contributed by atoms with E-state index in [1.165, 1.54) is 11.7 Å². The lowest BCUT2D eigenvalue weighted by Crippen LogP contribution is -2.31. The Morgan fingerprint density at radius 2 is 1.81 bits per heavy atom. The second-order valence-electron chi connectivity index (χ2n) is 5.35. The number of ether oxygens (including phenoxy) is 1. The summed E-state index contributed by atoms with van der Waals surface area (Å²) < 4.78 is 7.27. The third-order valence-electron chi connectivity index (χ3n) is 3.78. The smallest absolute Gasteiger partial charge is 0.273 e. The van der Waals surface area contributed by atoms with Gasteiger partial charge in [0.1, 0.15) is 22.6 Å². The Morgan fingerprint density at radius 1 is 1.15 bits per heavy atom. The maximum absolute atomic E-state index is 13.1. The SMILES string of the molecule is COc1ccccc1-n1c(=C(C#N)C#N)s/c(=C/c2ccccc2Cl)c1=O. The minimum atomic E-state index is -0.359. The van der Waals surface area contributed by atoms with Crippen LogP contribution in [0.4, 0.5) is 0 Å². The van der Waals surface area contributed by atoms with Gasteiger partial charge in [-0.25, -0.2) is 0 Å². The van der Waals surface area contributed by atoms with Gasteiger partial charge in [0.2, 0.25) is 0 Å². The molecule has 0 radical (unpaired) electrons. The van der Waals surface area contributed by atoms with Crippen molar-refractivity contribution in [2.75, 3.05) is 7.11 Å². The fourth-order valence-corrected chi connectivity index (χ4v) is 3.77. The van der Waals surface area contributed by atoms with Crippen molar-refractivity contribution >= 4 is 34.6 Å². The van der Waals surface area contributed by atoms with Crippen LogP contribution < -0.4 is 19.5 Å². The van der Waals surface area contributed by atoms with Crippen molar-refractivity contribution in [3.63, 3.8) is 0 Å². The Morgan fingerprint density at radius 3 is 2.48 bits per heavy atom. The molecule has 1 heterocycles. The van der Waals surface area contributed by atoms with Crippen molar-refractivity contribution in [3.8, 4) is 23.6 Å². The first-order chi connectivity index (χ1) is 13.1. The fourth-order valence-electron chi connectivity index (χ4n) is 2.54. The van der Waals surface area contributed by atoms with Gasteiger partial charge in [-0.1, -0.05) is 41.9 Å². The van der Waals surface area contributed by atoms with Crippen LogP contribution in [0.25, 0.3) is 17.3 Å². The molecular formula is C20H12ClN3O2S. The normalized spacial score (nSPS) is 10.9. The second kappa shape index (κ2) is 7.92. The number of para-hydroxylation sites is 2. The highest BCUT2D eigenvalue weighted by Gasteiger charge is 2.14. The zero-order valence-corrected chi connectivity index (χ0v) is 15.7. The Bertz CT molecular complexity index is 1260. The van der Waals surface area contributed by atoms with Gasteiger partial charge in [-0.15, -0.1) is 11.3 Å². The summed E-state index contributed by atoms with van der Waals surface area (Å²) in [4.78, 5) is 13.1. The zero-order chi connectivity index (χ0) is 19.4. The second-order valence-corrected chi connectivity index (χ2v) is 6.79. The Labute approximate surface area is 163 Å². The van der Waals surface area contributed by atoms with Crippen LogP contribution in [-0.4, -0.2) is 11.7 Å². The molecule has 0 saturated heterocycles. The van der Waals surface area contributed by atoms with Crippen LogP contribution in [0, 0.1) is 22.7 Å². The van der Waals surface area contributed by atoms with E-state index in [0.29, 0.717) is 26.6 Å². The first kappa shape index (κ1) is 18.5. The molecule has 3 rings (SSSR count). The molecule has 0 aliphatic rings. The highest BCUT2D eigenvalue weighted by molar-refractivity contribution is 7.07. The van der Waals surface area contributed by atoms with Crippen molar-refractivity contribution in [1.82, 2.24) is 4.57 Å². The van der Waals surface area contributed by atoms with Crippen LogP contribution in [0.1, 0.15) is 5.56 Å². The minimum Gasteiger partial charge on any atom is -0.495 e. The number of halogens is 1. The highest BCUT2D eigenvalue weighted by atomic mass is 35.5. The summed E-state index contributed by atoms with van der Waals surface area (Å²) in [5.74, 6) is 0.457. The number of hydrogen-bond donors (Lipinski definition) is 0. The molecule has 0 bridgehead atoms. The van der Waals surface area contributed by atoms with Crippen LogP contribution in [0.3, 0.4) is 0 Å². The van der Waals surface area contributed by atoms with E-state index in [1.807, 2.05) is 18.2 Å². The maximum atomic E-state index is 13.1. The molecule has 0 saturated carbocycles. The largest absolute Gasteiger partial charge is 0.495 e. The van der Waals surface area contributed by atoms with Gasteiger partial charge < -0.3 is 4.74 Å². The molecule has 7 heteroatoms. The van der Waals surface area contributed by atoms with Gasteiger partial charge in [0, 0.05) is 5.02 Å². The molecule has 0 atom stereocenters. The van der Waals surface area contributed by atoms with E-state index in [0.717, 1.165) is 11.3 Å². The number of hydrogen-bond acceptors (Lipinski definition) is 5. The maximum Gasteiger partial charge on any atom is 0.273 e. The van der Waals surface area contributed by atoms with E-state index in [-0.39, 0.29) is 15.8 Å². The lowest BCUT2D eigenvalue weighted by atomic mass is 10.2. The number of aromatic nitrogens is 1. The van der Waals surface area contributed by atoms with Crippen LogP contribution in [0.5, 0.6) is 5.75 Å². The molecule has 1 aromatic heterocycles. The van der Waals surface area contributed by atoms with Crippen LogP contribution >= 0.6 is 22.9 Å². The highest BCUT2D eigenvalue weighted by Crippen LogP contribution is 2.20. The summed E-state index contributed by atoms with van der Waals surface area (Å²) in [6, 6.07) is 17.8. The average molecular weight is 394 g/mol. The summed E-state index contributed by atoms with van der Waals surface area (Å²) in [5.41, 5.74) is 0.619. The van der Waals surface area contributed by atoms with Crippen molar-refractivity contribution in [2.45, 2.75) is 0 Å². The Balaban J connectivity index is 2.46. The topological polar surface area (TPSA) is 78.8 Å². The molecule has 132 valence electrons. The van der Waals surface area contributed by atoms with E-state index in [4.69, 9.17) is 16.3 Å². The zero-order valence-electron chi connectivity index (χ0n) is 14.1. The van der Waals surface area contributed by atoms with Gasteiger partial charge in [0.25, 0.3) is 5.56 Å². The molecule has 2 aromatic carbocycles. The number of nitriles is 2. The van der Waals surface area contributed by atoms with E-state index in [1.54, 1.807) is 48.5 Å². The van der Waals surface area contributed by atoms with Crippen molar-refractivity contribution in [3.05, 3.63) is 78.7 Å². The summed E-state index contributed by atoms with van der Waals surface area (Å²) in [7, 11) is 1.49. The third kappa shape index (κ3) is 3.50. The number of rotatable bonds is 3. The fraction of sp³-hybridized carbons (Fsp3) is 0.0500. The predicted octanol–water partition coefficient (Wildman–Crippen LogP) is 2.59. The lowest BCUT2D eigenvalue weighted by Gasteiger charge is -2.08. The van der Waals surface area contributed by atoms with Gasteiger partial charge in [-0.3, -0.25) is 9.36 Å². The number of nitrogens with zero attached hydrogens (tertiary/aromatic N) is 3. The van der Waals surface area contributed by atoms with Gasteiger partial charge in [0.05, 0.1) is 17.3 Å². The standard InChI is InChI=1S/C20H12ClN3O2S/c1-26-17-9-5-4-8-16(17)24-19(25)18(27-20(24)14(11-22)12-23)10-13-6-2-3-7-15(13)21/h2-10H,1H3/b18-10+. The van der Waals surface area contributed by atoms with E-state index < -0.39 is 0 Å². The van der Waals surface area contributed by atoms with E-state index in [9.17, 15) is 15.3 Å². The van der Waals surface area contributed by atoms with Crippen molar-refractivity contribution in [2.24, 2.45) is 0 Å². The summed E-state index contributed by atoms with van der Waals surface area (Å²) >= 11 is 7.25. The molecule has 0 fully saturated rings. The molecule has 0 aliphatic carbocycles. The number of thiazole rings is 1. The van der Waals surface area contributed by atoms with Crippen molar-refractivity contribution in [1.29, 1.82) is 10.5 Å². The molecule has 5 nitrogen and oxygen atoms in total. The Kier molecular flexibility index (Phi) is 5.42. The summed E-state index contributed by atoms with van der Waals surface area (Å²) in [5, 5.41) is 19.2. The first-order valence-corrected chi connectivity index (χ1v) is 8.96. The van der Waals surface area contributed by atoms with E-state index >= 15 is 0 Å². The molecule has 0 N–H and O–H groups in total. The monoisotopic (exact) mass is 393 g/mol. The predicted molar refractivity (Wildman–Crippen MR) is 105 cm³/mol. The first-order valence-electron chi connectivity index (χ1n) is 7.76.